The summed E-state index contributed by atoms with van der Waals surface area (Å²) in [4.78, 5) is 27.3. The molecule has 2 N–H and O–H groups in total. The minimum Gasteiger partial charge on any atom is -0.497 e. The van der Waals surface area contributed by atoms with E-state index in [1.807, 2.05) is 31.2 Å². The molecular formula is C21H31N3O3. The lowest BCUT2D eigenvalue weighted by Gasteiger charge is -2.29. The molecule has 148 valence electrons. The van der Waals surface area contributed by atoms with Gasteiger partial charge < -0.3 is 15.4 Å². The zero-order chi connectivity index (χ0) is 19.2. The van der Waals surface area contributed by atoms with Crippen molar-refractivity contribution >= 4 is 11.8 Å². The fourth-order valence-electron chi connectivity index (χ4n) is 4.36. The fourth-order valence-corrected chi connectivity index (χ4v) is 4.36. The van der Waals surface area contributed by atoms with Crippen molar-refractivity contribution in [3.63, 3.8) is 0 Å². The average Bonchev–Trinajstić information content (AvgIpc) is 3.32. The number of carbonyl (C=O) groups is 2. The van der Waals surface area contributed by atoms with E-state index in [1.165, 1.54) is 12.8 Å². The van der Waals surface area contributed by atoms with Gasteiger partial charge in [-0.05, 0) is 43.9 Å². The topological polar surface area (TPSA) is 70.7 Å². The third-order valence-electron chi connectivity index (χ3n) is 5.68. The Balaban J connectivity index is 1.58. The van der Waals surface area contributed by atoms with Gasteiger partial charge in [0.25, 0.3) is 0 Å². The predicted octanol–water partition coefficient (Wildman–Crippen LogP) is 1.88. The van der Waals surface area contributed by atoms with Gasteiger partial charge in [0.1, 0.15) is 5.75 Å². The Morgan fingerprint density at radius 3 is 2.52 bits per heavy atom. The Labute approximate surface area is 161 Å². The molecule has 3 rings (SSSR count). The van der Waals surface area contributed by atoms with Gasteiger partial charge in [-0.1, -0.05) is 25.0 Å². The summed E-state index contributed by atoms with van der Waals surface area (Å²) in [6.07, 6.45) is 5.81. The van der Waals surface area contributed by atoms with Gasteiger partial charge in [0, 0.05) is 25.2 Å². The van der Waals surface area contributed by atoms with Gasteiger partial charge in [-0.25, -0.2) is 0 Å². The first-order valence-corrected chi connectivity index (χ1v) is 10.1. The normalized spacial score (nSPS) is 23.3. The monoisotopic (exact) mass is 373 g/mol. The second-order valence-corrected chi connectivity index (χ2v) is 7.57. The lowest BCUT2D eigenvalue weighted by molar-refractivity contribution is -0.126. The van der Waals surface area contributed by atoms with Crippen LogP contribution in [-0.2, 0) is 16.0 Å². The van der Waals surface area contributed by atoms with Crippen molar-refractivity contribution in [2.24, 2.45) is 0 Å². The number of carbonyl (C=O) groups excluding carboxylic acids is 2. The van der Waals surface area contributed by atoms with Crippen molar-refractivity contribution in [3.05, 3.63) is 29.8 Å². The van der Waals surface area contributed by atoms with Crippen LogP contribution >= 0.6 is 0 Å². The van der Waals surface area contributed by atoms with Crippen LogP contribution in [0, 0.1) is 0 Å². The van der Waals surface area contributed by atoms with Crippen LogP contribution in [0.2, 0.25) is 0 Å². The standard InChI is InChI=1S/C21H31N3O3/c1-3-22-21(26)19-13-16(14-24(19)17-6-4-5-7-17)23-20(25)12-15-8-10-18(27-2)11-9-15/h8-11,16-17,19H,3-7,12-14H2,1-2H3,(H,22,26)(H,23,25)/t16-,19-/m0/s1. The van der Waals surface area contributed by atoms with E-state index in [0.717, 1.165) is 30.7 Å². The van der Waals surface area contributed by atoms with Gasteiger partial charge >= 0.3 is 0 Å². The zero-order valence-electron chi connectivity index (χ0n) is 16.4. The molecule has 6 heteroatoms. The summed E-state index contributed by atoms with van der Waals surface area (Å²) in [5, 5.41) is 6.10. The van der Waals surface area contributed by atoms with Crippen LogP contribution in [-0.4, -0.2) is 55.0 Å². The smallest absolute Gasteiger partial charge is 0.237 e. The molecule has 1 saturated heterocycles. The third kappa shape index (κ3) is 5.01. The summed E-state index contributed by atoms with van der Waals surface area (Å²) >= 11 is 0. The number of benzene rings is 1. The van der Waals surface area contributed by atoms with Gasteiger partial charge in [-0.3, -0.25) is 14.5 Å². The molecule has 1 aliphatic carbocycles. The highest BCUT2D eigenvalue weighted by molar-refractivity contribution is 5.83. The lowest BCUT2D eigenvalue weighted by atomic mass is 10.1. The molecule has 2 amide bonds. The second-order valence-electron chi connectivity index (χ2n) is 7.57. The van der Waals surface area contributed by atoms with Crippen molar-refractivity contribution in [3.8, 4) is 5.75 Å². The summed E-state index contributed by atoms with van der Waals surface area (Å²) in [6, 6.07) is 7.94. The van der Waals surface area contributed by atoms with Crippen LogP contribution in [0.1, 0.15) is 44.6 Å². The molecular weight excluding hydrogens is 342 g/mol. The van der Waals surface area contributed by atoms with E-state index in [1.54, 1.807) is 7.11 Å². The van der Waals surface area contributed by atoms with Crippen molar-refractivity contribution in [2.45, 2.75) is 63.6 Å². The van der Waals surface area contributed by atoms with E-state index in [2.05, 4.69) is 15.5 Å². The number of likely N-dealkylation sites (N-methyl/N-ethyl adjacent to an activating group) is 1. The average molecular weight is 373 g/mol. The zero-order valence-corrected chi connectivity index (χ0v) is 16.4. The van der Waals surface area contributed by atoms with Crippen LogP contribution in [0.15, 0.2) is 24.3 Å². The summed E-state index contributed by atoms with van der Waals surface area (Å²) in [6.45, 7) is 3.35. The first-order chi connectivity index (χ1) is 13.1. The molecule has 0 unspecified atom stereocenters. The summed E-state index contributed by atoms with van der Waals surface area (Å²) < 4.78 is 5.15. The Kier molecular flexibility index (Phi) is 6.72. The molecule has 1 heterocycles. The Bertz CT molecular complexity index is 641. The van der Waals surface area contributed by atoms with E-state index in [4.69, 9.17) is 4.74 Å². The number of ether oxygens (including phenoxy) is 1. The highest BCUT2D eigenvalue weighted by Gasteiger charge is 2.41. The van der Waals surface area contributed by atoms with Gasteiger partial charge in [0.05, 0.1) is 19.6 Å². The van der Waals surface area contributed by atoms with E-state index in [0.29, 0.717) is 25.4 Å². The Morgan fingerprint density at radius 1 is 1.19 bits per heavy atom. The molecule has 27 heavy (non-hydrogen) atoms. The summed E-state index contributed by atoms with van der Waals surface area (Å²) in [7, 11) is 1.63. The molecule has 1 aliphatic heterocycles. The van der Waals surface area contributed by atoms with Crippen LogP contribution in [0.4, 0.5) is 0 Å². The molecule has 0 bridgehead atoms. The molecule has 0 aromatic heterocycles. The number of hydrogen-bond acceptors (Lipinski definition) is 4. The maximum absolute atomic E-state index is 12.5. The molecule has 6 nitrogen and oxygen atoms in total. The van der Waals surface area contributed by atoms with Gasteiger partial charge in [0.15, 0.2) is 0 Å². The minimum absolute atomic E-state index is 0.00749. The molecule has 2 atom stereocenters. The van der Waals surface area contributed by atoms with Gasteiger partial charge in [0.2, 0.25) is 11.8 Å². The predicted molar refractivity (Wildman–Crippen MR) is 105 cm³/mol. The van der Waals surface area contributed by atoms with Crippen LogP contribution in [0.3, 0.4) is 0 Å². The molecule has 1 saturated carbocycles. The van der Waals surface area contributed by atoms with Crippen LogP contribution in [0.25, 0.3) is 0 Å². The van der Waals surface area contributed by atoms with E-state index >= 15 is 0 Å². The molecule has 1 aromatic rings. The van der Waals surface area contributed by atoms with E-state index < -0.39 is 0 Å². The molecule has 2 fully saturated rings. The number of methoxy groups -OCH3 is 1. The molecule has 1 aromatic carbocycles. The van der Waals surface area contributed by atoms with Gasteiger partial charge in [-0.15, -0.1) is 0 Å². The number of hydrogen-bond donors (Lipinski definition) is 2. The van der Waals surface area contributed by atoms with Crippen molar-refractivity contribution < 1.29 is 14.3 Å². The van der Waals surface area contributed by atoms with E-state index in [-0.39, 0.29) is 23.9 Å². The third-order valence-corrected chi connectivity index (χ3v) is 5.68. The lowest BCUT2D eigenvalue weighted by Crippen LogP contribution is -2.47. The first kappa shape index (κ1) is 19.7. The first-order valence-electron chi connectivity index (χ1n) is 10.1. The second kappa shape index (κ2) is 9.22. The Hall–Kier alpha value is -2.08. The number of nitrogens with one attached hydrogen (secondary N) is 2. The molecule has 2 aliphatic rings. The molecule has 0 radical (unpaired) electrons. The number of likely N-dealkylation sites (tertiary alicyclic amines) is 1. The maximum Gasteiger partial charge on any atom is 0.237 e. The van der Waals surface area contributed by atoms with E-state index in [9.17, 15) is 9.59 Å². The highest BCUT2D eigenvalue weighted by atomic mass is 16.5. The van der Waals surface area contributed by atoms with Crippen molar-refractivity contribution in [1.82, 2.24) is 15.5 Å². The SMILES string of the molecule is CCNC(=O)[C@@H]1C[C@H](NC(=O)Cc2ccc(OC)cc2)CN1C1CCCC1. The maximum atomic E-state index is 12.5. The van der Waals surface area contributed by atoms with Crippen molar-refractivity contribution in [2.75, 3.05) is 20.2 Å². The number of nitrogens with zero attached hydrogens (tertiary/aromatic N) is 1. The summed E-state index contributed by atoms with van der Waals surface area (Å²) in [5.74, 6) is 0.885. The number of rotatable bonds is 7. The van der Waals surface area contributed by atoms with Gasteiger partial charge in [-0.2, -0.15) is 0 Å². The number of amides is 2. The van der Waals surface area contributed by atoms with Crippen molar-refractivity contribution in [1.29, 1.82) is 0 Å². The minimum atomic E-state index is -0.126. The Morgan fingerprint density at radius 2 is 1.89 bits per heavy atom. The summed E-state index contributed by atoms with van der Waals surface area (Å²) in [5.41, 5.74) is 0.958. The largest absolute Gasteiger partial charge is 0.497 e. The van der Waals surface area contributed by atoms with Crippen LogP contribution in [0.5, 0.6) is 5.75 Å². The quantitative estimate of drug-likeness (QED) is 0.766. The fraction of sp³-hybridized carbons (Fsp3) is 0.619. The van der Waals surface area contributed by atoms with Crippen LogP contribution < -0.4 is 15.4 Å². The highest BCUT2D eigenvalue weighted by Crippen LogP contribution is 2.30. The molecule has 0 spiro atoms.